The summed E-state index contributed by atoms with van der Waals surface area (Å²) in [5, 5.41) is 3.48. The van der Waals surface area contributed by atoms with Gasteiger partial charge in [0.05, 0.1) is 5.69 Å². The SMILES string of the molecule is CCc1cn(-c2ccccc2)c(N2CCN[C@@H](C)C2)n1. The van der Waals surface area contributed by atoms with E-state index in [1.54, 1.807) is 0 Å². The van der Waals surface area contributed by atoms with Gasteiger partial charge in [-0.15, -0.1) is 0 Å². The summed E-state index contributed by atoms with van der Waals surface area (Å²) in [5.41, 5.74) is 2.33. The molecule has 4 nitrogen and oxygen atoms in total. The van der Waals surface area contributed by atoms with Crippen molar-refractivity contribution in [1.29, 1.82) is 0 Å². The molecule has 0 spiro atoms. The monoisotopic (exact) mass is 270 g/mol. The van der Waals surface area contributed by atoms with Gasteiger partial charge in [0.15, 0.2) is 0 Å². The number of hydrogen-bond donors (Lipinski definition) is 1. The number of para-hydroxylation sites is 1. The van der Waals surface area contributed by atoms with E-state index in [0.29, 0.717) is 6.04 Å². The molecule has 1 aromatic heterocycles. The Morgan fingerprint density at radius 3 is 2.80 bits per heavy atom. The van der Waals surface area contributed by atoms with E-state index in [-0.39, 0.29) is 0 Å². The summed E-state index contributed by atoms with van der Waals surface area (Å²) in [6.07, 6.45) is 3.13. The van der Waals surface area contributed by atoms with Crippen molar-refractivity contribution in [2.24, 2.45) is 0 Å². The van der Waals surface area contributed by atoms with Crippen molar-refractivity contribution in [3.05, 3.63) is 42.2 Å². The van der Waals surface area contributed by atoms with Crippen LogP contribution in [0, 0.1) is 0 Å². The van der Waals surface area contributed by atoms with Crippen LogP contribution in [0.3, 0.4) is 0 Å². The summed E-state index contributed by atoms with van der Waals surface area (Å²) in [6, 6.07) is 11.0. The number of aromatic nitrogens is 2. The van der Waals surface area contributed by atoms with Crippen LogP contribution in [0.4, 0.5) is 5.95 Å². The summed E-state index contributed by atoms with van der Waals surface area (Å²) in [6.45, 7) is 7.42. The van der Waals surface area contributed by atoms with Gasteiger partial charge in [-0.25, -0.2) is 4.98 Å². The number of benzene rings is 1. The smallest absolute Gasteiger partial charge is 0.210 e. The summed E-state index contributed by atoms with van der Waals surface area (Å²) < 4.78 is 2.22. The van der Waals surface area contributed by atoms with Crippen LogP contribution in [-0.2, 0) is 6.42 Å². The number of aryl methyl sites for hydroxylation is 1. The van der Waals surface area contributed by atoms with Crippen LogP contribution in [0.2, 0.25) is 0 Å². The first-order valence-electron chi connectivity index (χ1n) is 7.40. The molecule has 1 aliphatic heterocycles. The predicted molar refractivity (Wildman–Crippen MR) is 82.6 cm³/mol. The van der Waals surface area contributed by atoms with E-state index in [1.807, 2.05) is 6.07 Å². The van der Waals surface area contributed by atoms with Crippen LogP contribution < -0.4 is 10.2 Å². The van der Waals surface area contributed by atoms with Crippen molar-refractivity contribution in [1.82, 2.24) is 14.9 Å². The first kappa shape index (κ1) is 13.2. The molecule has 1 saturated heterocycles. The lowest BCUT2D eigenvalue weighted by Gasteiger charge is -2.32. The Hall–Kier alpha value is -1.81. The maximum atomic E-state index is 4.82. The molecule has 0 aliphatic carbocycles. The van der Waals surface area contributed by atoms with Gasteiger partial charge in [0.1, 0.15) is 0 Å². The van der Waals surface area contributed by atoms with Crippen LogP contribution in [-0.4, -0.2) is 35.2 Å². The number of nitrogens with zero attached hydrogens (tertiary/aromatic N) is 3. The van der Waals surface area contributed by atoms with Crippen molar-refractivity contribution >= 4 is 5.95 Å². The predicted octanol–water partition coefficient (Wildman–Crippen LogP) is 2.23. The fourth-order valence-corrected chi connectivity index (χ4v) is 2.70. The number of hydrogen-bond acceptors (Lipinski definition) is 3. The molecular weight excluding hydrogens is 248 g/mol. The Balaban J connectivity index is 1.99. The standard InChI is InChI=1S/C16H22N4/c1-3-14-12-20(15-7-5-4-6-8-15)16(18-14)19-10-9-17-13(2)11-19/h4-8,12-13,17H,3,9-11H2,1-2H3/t13-/m0/s1. The minimum atomic E-state index is 0.509. The molecule has 2 aromatic rings. The molecule has 2 heterocycles. The molecule has 1 aromatic carbocycles. The maximum Gasteiger partial charge on any atom is 0.210 e. The molecule has 1 atom stereocenters. The lowest BCUT2D eigenvalue weighted by Crippen LogP contribution is -2.50. The molecular formula is C16H22N4. The van der Waals surface area contributed by atoms with Crippen LogP contribution in [0.15, 0.2) is 36.5 Å². The molecule has 0 radical (unpaired) electrons. The highest BCUT2D eigenvalue weighted by Gasteiger charge is 2.21. The summed E-state index contributed by atoms with van der Waals surface area (Å²) >= 11 is 0. The summed E-state index contributed by atoms with van der Waals surface area (Å²) in [7, 11) is 0. The van der Waals surface area contributed by atoms with E-state index in [0.717, 1.165) is 37.7 Å². The molecule has 0 bridgehead atoms. The third-order valence-corrected chi connectivity index (χ3v) is 3.79. The zero-order valence-electron chi connectivity index (χ0n) is 12.2. The molecule has 4 heteroatoms. The van der Waals surface area contributed by atoms with Crippen LogP contribution >= 0.6 is 0 Å². The van der Waals surface area contributed by atoms with Crippen LogP contribution in [0.1, 0.15) is 19.5 Å². The molecule has 3 rings (SSSR count). The minimum absolute atomic E-state index is 0.509. The highest BCUT2D eigenvalue weighted by atomic mass is 15.3. The van der Waals surface area contributed by atoms with Gasteiger partial charge >= 0.3 is 0 Å². The van der Waals surface area contributed by atoms with E-state index in [9.17, 15) is 0 Å². The normalized spacial score (nSPS) is 19.3. The molecule has 1 aliphatic rings. The summed E-state index contributed by atoms with van der Waals surface area (Å²) in [5.74, 6) is 1.07. The van der Waals surface area contributed by atoms with Crippen molar-refractivity contribution in [2.45, 2.75) is 26.3 Å². The molecule has 1 fully saturated rings. The average molecular weight is 270 g/mol. The first-order chi connectivity index (χ1) is 9.78. The lowest BCUT2D eigenvalue weighted by molar-refractivity contribution is 0.478. The fourth-order valence-electron chi connectivity index (χ4n) is 2.70. The zero-order chi connectivity index (χ0) is 13.9. The number of piperazine rings is 1. The first-order valence-corrected chi connectivity index (χ1v) is 7.40. The number of anilines is 1. The molecule has 1 N–H and O–H groups in total. The molecule has 0 unspecified atom stereocenters. The van der Waals surface area contributed by atoms with Gasteiger partial charge in [0, 0.05) is 37.6 Å². The van der Waals surface area contributed by atoms with Gasteiger partial charge in [-0.05, 0) is 25.5 Å². The highest BCUT2D eigenvalue weighted by Crippen LogP contribution is 2.21. The Bertz CT molecular complexity index is 561. The Morgan fingerprint density at radius 2 is 2.10 bits per heavy atom. The van der Waals surface area contributed by atoms with E-state index >= 15 is 0 Å². The van der Waals surface area contributed by atoms with Gasteiger partial charge in [-0.1, -0.05) is 25.1 Å². The van der Waals surface area contributed by atoms with Crippen LogP contribution in [0.5, 0.6) is 0 Å². The van der Waals surface area contributed by atoms with Crippen molar-refractivity contribution < 1.29 is 0 Å². The maximum absolute atomic E-state index is 4.82. The minimum Gasteiger partial charge on any atom is -0.339 e. The van der Waals surface area contributed by atoms with Gasteiger partial charge in [-0.2, -0.15) is 0 Å². The lowest BCUT2D eigenvalue weighted by atomic mass is 10.2. The second kappa shape index (κ2) is 5.67. The second-order valence-electron chi connectivity index (χ2n) is 5.39. The average Bonchev–Trinajstić information content (AvgIpc) is 2.92. The van der Waals surface area contributed by atoms with Gasteiger partial charge in [0.25, 0.3) is 0 Å². The number of imidazole rings is 1. The topological polar surface area (TPSA) is 33.1 Å². The second-order valence-corrected chi connectivity index (χ2v) is 5.39. The van der Waals surface area contributed by atoms with Gasteiger partial charge in [-0.3, -0.25) is 4.57 Å². The quantitative estimate of drug-likeness (QED) is 0.928. The van der Waals surface area contributed by atoms with Gasteiger partial charge in [0.2, 0.25) is 5.95 Å². The van der Waals surface area contributed by atoms with Gasteiger partial charge < -0.3 is 10.2 Å². The van der Waals surface area contributed by atoms with E-state index in [2.05, 4.69) is 59.1 Å². The largest absolute Gasteiger partial charge is 0.339 e. The Kier molecular flexibility index (Phi) is 3.74. The third kappa shape index (κ3) is 2.56. The van der Waals surface area contributed by atoms with E-state index in [1.165, 1.54) is 5.69 Å². The zero-order valence-corrected chi connectivity index (χ0v) is 12.2. The molecule has 106 valence electrons. The van der Waals surface area contributed by atoms with E-state index < -0.39 is 0 Å². The van der Waals surface area contributed by atoms with Crippen molar-refractivity contribution in [3.63, 3.8) is 0 Å². The molecule has 0 saturated carbocycles. The molecule has 0 amide bonds. The van der Waals surface area contributed by atoms with E-state index in [4.69, 9.17) is 4.98 Å². The molecule has 20 heavy (non-hydrogen) atoms. The van der Waals surface area contributed by atoms with Crippen LogP contribution in [0.25, 0.3) is 5.69 Å². The summed E-state index contributed by atoms with van der Waals surface area (Å²) in [4.78, 5) is 7.21. The van der Waals surface area contributed by atoms with Crippen molar-refractivity contribution in [3.8, 4) is 5.69 Å². The Morgan fingerprint density at radius 1 is 1.30 bits per heavy atom. The highest BCUT2D eigenvalue weighted by molar-refractivity contribution is 5.45. The Labute approximate surface area is 120 Å². The van der Waals surface area contributed by atoms with Crippen molar-refractivity contribution in [2.75, 3.05) is 24.5 Å². The number of rotatable bonds is 3. The fraction of sp³-hybridized carbons (Fsp3) is 0.438. The number of nitrogens with one attached hydrogen (secondary N) is 1. The third-order valence-electron chi connectivity index (χ3n) is 3.79.